The van der Waals surface area contributed by atoms with Crippen LogP contribution in [0.15, 0.2) is 42.5 Å². The largest absolute Gasteiger partial charge is 0.478 e. The Morgan fingerprint density at radius 3 is 2.15 bits per heavy atom. The van der Waals surface area contributed by atoms with Crippen LogP contribution in [0.25, 0.3) is 0 Å². The van der Waals surface area contributed by atoms with Gasteiger partial charge in [-0.25, -0.2) is 4.79 Å². The molecule has 0 aliphatic carbocycles. The van der Waals surface area contributed by atoms with E-state index in [0.717, 1.165) is 5.92 Å². The molecule has 142 valence electrons. The average Bonchev–Trinajstić information content (AvgIpc) is 2.56. The standard InChI is InChI=1S/C12H10N2O3.C6H12.C2H6O/c1-2-3-11(15)14-10-5-4-8(7-13)6-9(10)12(16)17;1-4-5-6(2)3;1-3-2/h2-6H,1H3,(H,14,15)(H,16,17);4-6H,1-3H3;1-2H3/b3-2+;5-4-;. The van der Waals surface area contributed by atoms with Gasteiger partial charge in [0.2, 0.25) is 5.91 Å². The maximum atomic E-state index is 11.3. The Bertz CT molecular complexity index is 656. The first-order valence-electron chi connectivity index (χ1n) is 8.01. The van der Waals surface area contributed by atoms with Crippen LogP contribution in [0.5, 0.6) is 0 Å². The predicted molar refractivity (Wildman–Crippen MR) is 104 cm³/mol. The maximum Gasteiger partial charge on any atom is 0.337 e. The van der Waals surface area contributed by atoms with Gasteiger partial charge in [0.25, 0.3) is 0 Å². The minimum atomic E-state index is -1.20. The molecule has 0 atom stereocenters. The molecule has 0 saturated heterocycles. The van der Waals surface area contributed by atoms with Crippen molar-refractivity contribution in [1.82, 2.24) is 0 Å². The normalized spacial score (nSPS) is 9.77. The molecule has 0 bridgehead atoms. The summed E-state index contributed by atoms with van der Waals surface area (Å²) in [6.45, 7) is 8.05. The maximum absolute atomic E-state index is 11.3. The van der Waals surface area contributed by atoms with Crippen LogP contribution in [0.3, 0.4) is 0 Å². The van der Waals surface area contributed by atoms with Crippen molar-refractivity contribution < 1.29 is 19.4 Å². The Morgan fingerprint density at radius 2 is 1.81 bits per heavy atom. The molecule has 1 rings (SSSR count). The summed E-state index contributed by atoms with van der Waals surface area (Å²) in [4.78, 5) is 22.2. The molecular formula is C20H28N2O4. The van der Waals surface area contributed by atoms with E-state index in [2.05, 4.69) is 36.1 Å². The van der Waals surface area contributed by atoms with Crippen LogP contribution in [0.2, 0.25) is 0 Å². The fraction of sp³-hybridized carbons (Fsp3) is 0.350. The highest BCUT2D eigenvalue weighted by atomic mass is 16.4. The molecule has 0 aromatic heterocycles. The molecule has 0 radical (unpaired) electrons. The number of carbonyl (C=O) groups excluding carboxylic acids is 1. The van der Waals surface area contributed by atoms with Crippen LogP contribution in [-0.2, 0) is 9.53 Å². The number of aromatic carboxylic acids is 1. The fourth-order valence-corrected chi connectivity index (χ4v) is 1.61. The summed E-state index contributed by atoms with van der Waals surface area (Å²) in [6, 6.07) is 5.89. The minimum absolute atomic E-state index is 0.109. The zero-order valence-electron chi connectivity index (χ0n) is 16.2. The van der Waals surface area contributed by atoms with Gasteiger partial charge in [-0.05, 0) is 44.0 Å². The molecular weight excluding hydrogens is 332 g/mol. The Balaban J connectivity index is 0. The minimum Gasteiger partial charge on any atom is -0.478 e. The number of carboxylic acids is 1. The van der Waals surface area contributed by atoms with E-state index >= 15 is 0 Å². The highest BCUT2D eigenvalue weighted by molar-refractivity contribution is 6.04. The molecule has 0 spiro atoms. The van der Waals surface area contributed by atoms with Crippen LogP contribution >= 0.6 is 0 Å². The van der Waals surface area contributed by atoms with E-state index in [4.69, 9.17) is 10.4 Å². The lowest BCUT2D eigenvalue weighted by atomic mass is 10.1. The van der Waals surface area contributed by atoms with E-state index < -0.39 is 11.9 Å². The van der Waals surface area contributed by atoms with E-state index in [-0.39, 0.29) is 16.8 Å². The summed E-state index contributed by atoms with van der Waals surface area (Å²) < 4.78 is 4.25. The number of nitrogens with one attached hydrogen (secondary N) is 1. The number of hydrogen-bond donors (Lipinski definition) is 2. The van der Waals surface area contributed by atoms with Gasteiger partial charge in [0, 0.05) is 14.2 Å². The molecule has 0 aliphatic heterocycles. The Labute approximate surface area is 155 Å². The molecule has 6 nitrogen and oxygen atoms in total. The van der Waals surface area contributed by atoms with Crippen LogP contribution in [0, 0.1) is 17.2 Å². The summed E-state index contributed by atoms with van der Waals surface area (Å²) in [7, 11) is 3.25. The molecule has 0 saturated carbocycles. The summed E-state index contributed by atoms with van der Waals surface area (Å²) in [5.41, 5.74) is 0.285. The summed E-state index contributed by atoms with van der Waals surface area (Å²) in [6.07, 6.45) is 7.06. The van der Waals surface area contributed by atoms with Crippen molar-refractivity contribution in [2.75, 3.05) is 19.5 Å². The number of allylic oxidation sites excluding steroid dienone is 3. The van der Waals surface area contributed by atoms with Gasteiger partial charge in [-0.15, -0.1) is 0 Å². The van der Waals surface area contributed by atoms with Gasteiger partial charge in [-0.1, -0.05) is 32.1 Å². The second-order valence-electron chi connectivity index (χ2n) is 5.34. The molecule has 2 N–H and O–H groups in total. The van der Waals surface area contributed by atoms with Gasteiger partial charge < -0.3 is 15.2 Å². The van der Waals surface area contributed by atoms with Crippen LogP contribution in [0.4, 0.5) is 5.69 Å². The summed E-state index contributed by atoms with van der Waals surface area (Å²) in [5.74, 6) is -0.896. The molecule has 0 fully saturated rings. The monoisotopic (exact) mass is 360 g/mol. The van der Waals surface area contributed by atoms with E-state index in [1.807, 2.05) is 13.0 Å². The molecule has 1 amide bonds. The van der Waals surface area contributed by atoms with Gasteiger partial charge in [-0.2, -0.15) is 5.26 Å². The molecule has 1 aromatic rings. The number of carbonyl (C=O) groups is 2. The predicted octanol–water partition coefficient (Wildman–Crippen LogP) is 4.25. The van der Waals surface area contributed by atoms with E-state index in [1.165, 1.54) is 24.3 Å². The number of amides is 1. The number of methoxy groups -OCH3 is 1. The number of hydrogen-bond acceptors (Lipinski definition) is 4. The lowest BCUT2D eigenvalue weighted by Crippen LogP contribution is -2.12. The third-order valence-electron chi connectivity index (χ3n) is 2.53. The van der Waals surface area contributed by atoms with Crippen molar-refractivity contribution in [1.29, 1.82) is 5.26 Å². The van der Waals surface area contributed by atoms with E-state index in [0.29, 0.717) is 0 Å². The third kappa shape index (κ3) is 12.5. The lowest BCUT2D eigenvalue weighted by Gasteiger charge is -2.06. The zero-order chi connectivity index (χ0) is 20.5. The van der Waals surface area contributed by atoms with Gasteiger partial charge >= 0.3 is 5.97 Å². The quantitative estimate of drug-likeness (QED) is 0.617. The fourth-order valence-electron chi connectivity index (χ4n) is 1.61. The van der Waals surface area contributed by atoms with Gasteiger partial charge in [0.1, 0.15) is 0 Å². The second kappa shape index (κ2) is 15.6. The van der Waals surface area contributed by atoms with Gasteiger partial charge in [0.05, 0.1) is 22.9 Å². The van der Waals surface area contributed by atoms with Crippen molar-refractivity contribution >= 4 is 17.6 Å². The Hall–Kier alpha value is -2.91. The number of nitriles is 1. The molecule has 0 heterocycles. The van der Waals surface area contributed by atoms with Crippen molar-refractivity contribution in [3.8, 4) is 6.07 Å². The number of anilines is 1. The third-order valence-corrected chi connectivity index (χ3v) is 2.53. The Kier molecular flexibility index (Phi) is 15.2. The van der Waals surface area contributed by atoms with Crippen LogP contribution < -0.4 is 5.32 Å². The summed E-state index contributed by atoms with van der Waals surface area (Å²) in [5, 5.41) is 20.0. The highest BCUT2D eigenvalue weighted by Gasteiger charge is 2.12. The topological polar surface area (TPSA) is 99.4 Å². The molecule has 26 heavy (non-hydrogen) atoms. The van der Waals surface area contributed by atoms with Crippen molar-refractivity contribution in [3.63, 3.8) is 0 Å². The first-order valence-corrected chi connectivity index (χ1v) is 8.01. The van der Waals surface area contributed by atoms with E-state index in [1.54, 1.807) is 27.2 Å². The SMILES string of the molecule is C/C=C/C(=O)Nc1ccc(C#N)cc1C(=O)O.C/C=C\C(C)C.COC. The van der Waals surface area contributed by atoms with E-state index in [9.17, 15) is 9.59 Å². The average molecular weight is 360 g/mol. The molecule has 0 unspecified atom stereocenters. The van der Waals surface area contributed by atoms with Crippen LogP contribution in [-0.4, -0.2) is 31.2 Å². The van der Waals surface area contributed by atoms with Crippen molar-refractivity contribution in [3.05, 3.63) is 53.6 Å². The Morgan fingerprint density at radius 1 is 1.23 bits per heavy atom. The molecule has 0 aliphatic rings. The first kappa shape index (κ1) is 25.3. The zero-order valence-corrected chi connectivity index (χ0v) is 16.2. The number of rotatable bonds is 4. The number of ether oxygens (including phenoxy) is 1. The number of carboxylic acid groups (broad SMARTS) is 1. The van der Waals surface area contributed by atoms with Gasteiger partial charge in [0.15, 0.2) is 0 Å². The lowest BCUT2D eigenvalue weighted by molar-refractivity contribution is -0.111. The van der Waals surface area contributed by atoms with Crippen LogP contribution in [0.1, 0.15) is 43.6 Å². The highest BCUT2D eigenvalue weighted by Crippen LogP contribution is 2.17. The number of nitrogens with zero attached hydrogens (tertiary/aromatic N) is 1. The summed E-state index contributed by atoms with van der Waals surface area (Å²) >= 11 is 0. The smallest absolute Gasteiger partial charge is 0.337 e. The number of benzene rings is 1. The van der Waals surface area contributed by atoms with Gasteiger partial charge in [-0.3, -0.25) is 4.79 Å². The second-order valence-corrected chi connectivity index (χ2v) is 5.34. The van der Waals surface area contributed by atoms with Crippen molar-refractivity contribution in [2.24, 2.45) is 5.92 Å². The molecule has 6 heteroatoms. The first-order chi connectivity index (χ1) is 12.3. The molecule has 1 aromatic carbocycles. The van der Waals surface area contributed by atoms with Crippen molar-refractivity contribution in [2.45, 2.75) is 27.7 Å².